The summed E-state index contributed by atoms with van der Waals surface area (Å²) < 4.78 is 64.0. The highest BCUT2D eigenvalue weighted by atomic mass is 32.2. The van der Waals surface area contributed by atoms with E-state index in [9.17, 15) is 26.4 Å². The van der Waals surface area contributed by atoms with Gasteiger partial charge in [0.2, 0.25) is 15.7 Å². The van der Waals surface area contributed by atoms with Gasteiger partial charge in [-0.05, 0) is 48.7 Å². The van der Waals surface area contributed by atoms with Crippen LogP contribution in [0.2, 0.25) is 0 Å². The summed E-state index contributed by atoms with van der Waals surface area (Å²) in [7, 11) is -4.10. The van der Waals surface area contributed by atoms with Gasteiger partial charge in [0.15, 0.2) is 0 Å². The summed E-state index contributed by atoms with van der Waals surface area (Å²) in [6.07, 6.45) is -1.07. The molecule has 9 heteroatoms. The van der Waals surface area contributed by atoms with E-state index in [4.69, 9.17) is 5.73 Å². The highest BCUT2D eigenvalue weighted by Crippen LogP contribution is 2.32. The van der Waals surface area contributed by atoms with Crippen molar-refractivity contribution in [2.24, 2.45) is 11.7 Å². The number of hydrogen-bond acceptors (Lipinski definition) is 4. The van der Waals surface area contributed by atoms with Crippen molar-refractivity contribution in [1.82, 2.24) is 5.32 Å². The number of benzene rings is 2. The van der Waals surface area contributed by atoms with Gasteiger partial charge in [0.05, 0.1) is 21.3 Å². The molecular formula is C21H23F3N2O3S. The summed E-state index contributed by atoms with van der Waals surface area (Å²) in [6, 6.07) is 9.19. The molecule has 3 rings (SSSR count). The Kier molecular flexibility index (Phi) is 6.52. The molecule has 1 aliphatic carbocycles. The number of carbonyl (C=O) groups excluding carboxylic acids is 1. The van der Waals surface area contributed by atoms with Crippen LogP contribution in [0.3, 0.4) is 0 Å². The Labute approximate surface area is 173 Å². The molecule has 5 nitrogen and oxygen atoms in total. The zero-order chi connectivity index (χ0) is 21.9. The van der Waals surface area contributed by atoms with E-state index in [1.54, 1.807) is 0 Å². The summed E-state index contributed by atoms with van der Waals surface area (Å²) >= 11 is 0. The first-order chi connectivity index (χ1) is 14.1. The van der Waals surface area contributed by atoms with Crippen molar-refractivity contribution in [3.63, 3.8) is 0 Å². The highest BCUT2D eigenvalue weighted by molar-refractivity contribution is 7.91. The van der Waals surface area contributed by atoms with Crippen molar-refractivity contribution in [1.29, 1.82) is 0 Å². The quantitative estimate of drug-likeness (QED) is 0.743. The second-order valence-electron chi connectivity index (χ2n) is 7.45. The molecule has 2 unspecified atom stereocenters. The minimum absolute atomic E-state index is 0.119. The predicted octanol–water partition coefficient (Wildman–Crippen LogP) is 3.67. The van der Waals surface area contributed by atoms with Crippen LogP contribution in [-0.2, 0) is 27.4 Å². The van der Waals surface area contributed by atoms with Gasteiger partial charge in [0.1, 0.15) is 0 Å². The second-order valence-corrected chi connectivity index (χ2v) is 9.40. The Morgan fingerprint density at radius 1 is 1.03 bits per heavy atom. The monoisotopic (exact) mass is 440 g/mol. The smallest absolute Gasteiger partial charge is 0.352 e. The predicted molar refractivity (Wildman–Crippen MR) is 105 cm³/mol. The molecule has 2 aromatic carbocycles. The number of alkyl halides is 3. The minimum atomic E-state index is -4.63. The topological polar surface area (TPSA) is 89.3 Å². The van der Waals surface area contributed by atoms with Crippen LogP contribution in [-0.4, -0.2) is 20.4 Å². The van der Waals surface area contributed by atoms with Crippen LogP contribution in [0.25, 0.3) is 0 Å². The van der Waals surface area contributed by atoms with E-state index in [2.05, 4.69) is 5.32 Å². The normalized spacial score (nSPS) is 20.0. The highest BCUT2D eigenvalue weighted by Gasteiger charge is 2.32. The molecule has 0 radical (unpaired) electrons. The van der Waals surface area contributed by atoms with E-state index in [-0.39, 0.29) is 29.3 Å². The van der Waals surface area contributed by atoms with Crippen molar-refractivity contribution >= 4 is 15.7 Å². The molecule has 0 aromatic heterocycles. The van der Waals surface area contributed by atoms with Crippen LogP contribution >= 0.6 is 0 Å². The molecule has 0 aliphatic heterocycles. The van der Waals surface area contributed by atoms with E-state index in [1.165, 1.54) is 24.3 Å². The summed E-state index contributed by atoms with van der Waals surface area (Å²) in [5.74, 6) is -0.345. The molecule has 2 aromatic rings. The number of rotatable bonds is 5. The number of nitrogens with two attached hydrogens (primary N) is 1. The Hall–Kier alpha value is -2.39. The molecule has 3 N–H and O–H groups in total. The van der Waals surface area contributed by atoms with E-state index < -0.39 is 26.5 Å². The molecule has 1 fully saturated rings. The van der Waals surface area contributed by atoms with Crippen molar-refractivity contribution in [3.05, 3.63) is 59.7 Å². The van der Waals surface area contributed by atoms with Gasteiger partial charge in [0.25, 0.3) is 0 Å². The SMILES string of the molecule is NC1CCCCC1C(=O)NCc1ccc(S(=O)(=O)c2cccc(C(F)(F)F)c2)cc1. The van der Waals surface area contributed by atoms with Gasteiger partial charge in [0, 0.05) is 12.6 Å². The summed E-state index contributed by atoms with van der Waals surface area (Å²) in [5, 5.41) is 2.82. The fourth-order valence-electron chi connectivity index (χ4n) is 3.57. The largest absolute Gasteiger partial charge is 0.416 e. The zero-order valence-corrected chi connectivity index (χ0v) is 17.0. The average molecular weight is 440 g/mol. The maximum atomic E-state index is 12.9. The Bertz CT molecular complexity index is 1000. The fraction of sp³-hybridized carbons (Fsp3) is 0.381. The molecule has 1 amide bonds. The summed E-state index contributed by atoms with van der Waals surface area (Å²) in [5.41, 5.74) is 5.66. The van der Waals surface area contributed by atoms with Gasteiger partial charge in [-0.2, -0.15) is 13.2 Å². The zero-order valence-electron chi connectivity index (χ0n) is 16.2. The number of amides is 1. The second kappa shape index (κ2) is 8.77. The molecule has 30 heavy (non-hydrogen) atoms. The van der Waals surface area contributed by atoms with Gasteiger partial charge >= 0.3 is 6.18 Å². The molecule has 0 spiro atoms. The lowest BCUT2D eigenvalue weighted by molar-refractivity contribution is -0.137. The number of hydrogen-bond donors (Lipinski definition) is 2. The summed E-state index contributed by atoms with van der Waals surface area (Å²) in [4.78, 5) is 11.8. The van der Waals surface area contributed by atoms with Crippen LogP contribution in [0.1, 0.15) is 36.8 Å². The van der Waals surface area contributed by atoms with Gasteiger partial charge in [-0.1, -0.05) is 31.0 Å². The van der Waals surface area contributed by atoms with Crippen molar-refractivity contribution in [3.8, 4) is 0 Å². The Morgan fingerprint density at radius 3 is 2.33 bits per heavy atom. The number of sulfone groups is 1. The maximum absolute atomic E-state index is 12.9. The van der Waals surface area contributed by atoms with E-state index in [1.807, 2.05) is 0 Å². The van der Waals surface area contributed by atoms with Gasteiger partial charge in [-0.3, -0.25) is 4.79 Å². The van der Waals surface area contributed by atoms with E-state index in [0.717, 1.165) is 43.9 Å². The molecule has 0 saturated heterocycles. The van der Waals surface area contributed by atoms with Crippen LogP contribution in [0.5, 0.6) is 0 Å². The fourth-order valence-corrected chi connectivity index (χ4v) is 4.87. The van der Waals surface area contributed by atoms with Gasteiger partial charge < -0.3 is 11.1 Å². The van der Waals surface area contributed by atoms with Crippen molar-refractivity contribution < 1.29 is 26.4 Å². The molecule has 1 aliphatic rings. The molecule has 0 bridgehead atoms. The molecule has 2 atom stereocenters. The first-order valence-electron chi connectivity index (χ1n) is 9.63. The number of nitrogens with one attached hydrogen (secondary N) is 1. The average Bonchev–Trinajstić information content (AvgIpc) is 2.72. The van der Waals surface area contributed by atoms with E-state index in [0.29, 0.717) is 11.6 Å². The maximum Gasteiger partial charge on any atom is 0.416 e. The Morgan fingerprint density at radius 2 is 1.70 bits per heavy atom. The molecule has 1 saturated carbocycles. The third-order valence-corrected chi connectivity index (χ3v) is 7.10. The third kappa shape index (κ3) is 5.02. The molecule has 162 valence electrons. The van der Waals surface area contributed by atoms with Crippen LogP contribution in [0.15, 0.2) is 58.3 Å². The standard InChI is InChI=1S/C21H23F3N2O3S/c22-21(23,24)15-4-3-5-17(12-15)30(28,29)16-10-8-14(9-11-16)13-26-20(27)18-6-1-2-7-19(18)25/h3-5,8-12,18-19H,1-2,6-7,13,25H2,(H,26,27). The Balaban J connectivity index is 1.70. The molecule has 0 heterocycles. The van der Waals surface area contributed by atoms with Crippen molar-refractivity contribution in [2.45, 2.75) is 54.2 Å². The van der Waals surface area contributed by atoms with Crippen LogP contribution in [0.4, 0.5) is 13.2 Å². The van der Waals surface area contributed by atoms with E-state index >= 15 is 0 Å². The van der Waals surface area contributed by atoms with Crippen LogP contribution in [0, 0.1) is 5.92 Å². The minimum Gasteiger partial charge on any atom is -0.352 e. The van der Waals surface area contributed by atoms with Crippen molar-refractivity contribution in [2.75, 3.05) is 0 Å². The lowest BCUT2D eigenvalue weighted by atomic mass is 9.84. The third-order valence-electron chi connectivity index (χ3n) is 5.33. The first-order valence-corrected chi connectivity index (χ1v) is 11.1. The summed E-state index contributed by atoms with van der Waals surface area (Å²) in [6.45, 7) is 0.214. The number of carbonyl (C=O) groups is 1. The lowest BCUT2D eigenvalue weighted by Crippen LogP contribution is -2.43. The lowest BCUT2D eigenvalue weighted by Gasteiger charge is -2.27. The first kappa shape index (κ1) is 22.3. The van der Waals surface area contributed by atoms with Crippen LogP contribution < -0.4 is 11.1 Å². The van der Waals surface area contributed by atoms with Gasteiger partial charge in [-0.15, -0.1) is 0 Å². The number of halogens is 3. The molecular weight excluding hydrogens is 417 g/mol. The van der Waals surface area contributed by atoms with Gasteiger partial charge in [-0.25, -0.2) is 8.42 Å².